The van der Waals surface area contributed by atoms with E-state index >= 15 is 0 Å². The summed E-state index contributed by atoms with van der Waals surface area (Å²) in [6.45, 7) is 7.80. The van der Waals surface area contributed by atoms with Crippen LogP contribution in [-0.4, -0.2) is 12.5 Å². The summed E-state index contributed by atoms with van der Waals surface area (Å²) in [5.41, 5.74) is 4.97. The molecule has 0 heterocycles. The molecule has 0 saturated carbocycles. The number of ether oxygens (including phenoxy) is 1. The number of carbonyl (C=O) groups excluding carboxylic acids is 1. The number of nitrogens with one attached hydrogen (secondary N) is 1. The van der Waals surface area contributed by atoms with Gasteiger partial charge in [-0.05, 0) is 68.1 Å². The van der Waals surface area contributed by atoms with Crippen LogP contribution in [0.5, 0.6) is 5.75 Å². The fourth-order valence-corrected chi connectivity index (χ4v) is 2.84. The largest absolute Gasteiger partial charge is 0.482 e. The maximum Gasteiger partial charge on any atom is 0.262 e. The number of carbonyl (C=O) groups is 1. The van der Waals surface area contributed by atoms with Crippen LogP contribution in [0.3, 0.4) is 0 Å². The SMILES string of the molecule is Cc1cc(C)cc(NC(=O)COc2c(C)cc(C)cc2Cl)c1. The molecule has 1 N–H and O–H groups in total. The second kappa shape index (κ2) is 6.84. The Morgan fingerprint density at radius 2 is 1.59 bits per heavy atom. The van der Waals surface area contributed by atoms with Gasteiger partial charge in [0.05, 0.1) is 5.02 Å². The lowest BCUT2D eigenvalue weighted by molar-refractivity contribution is -0.118. The van der Waals surface area contributed by atoms with Gasteiger partial charge in [0.25, 0.3) is 5.91 Å². The third-order valence-electron chi connectivity index (χ3n) is 3.23. The zero-order valence-electron chi connectivity index (χ0n) is 13.3. The van der Waals surface area contributed by atoms with Gasteiger partial charge in [-0.2, -0.15) is 0 Å². The minimum absolute atomic E-state index is 0.0728. The topological polar surface area (TPSA) is 38.3 Å². The van der Waals surface area contributed by atoms with Crippen molar-refractivity contribution in [3.8, 4) is 5.75 Å². The summed E-state index contributed by atoms with van der Waals surface area (Å²) in [5, 5.41) is 3.36. The van der Waals surface area contributed by atoms with Crippen molar-refractivity contribution in [1.29, 1.82) is 0 Å². The van der Waals surface area contributed by atoms with Crippen molar-refractivity contribution in [2.45, 2.75) is 27.7 Å². The molecule has 0 unspecified atom stereocenters. The molecular weight excluding hydrogens is 298 g/mol. The van der Waals surface area contributed by atoms with E-state index in [1.807, 2.05) is 52.0 Å². The first-order valence-corrected chi connectivity index (χ1v) is 7.50. The van der Waals surface area contributed by atoms with Crippen molar-refractivity contribution < 1.29 is 9.53 Å². The zero-order chi connectivity index (χ0) is 16.3. The fraction of sp³-hybridized carbons (Fsp3) is 0.278. The molecule has 0 aromatic heterocycles. The molecule has 0 radical (unpaired) electrons. The van der Waals surface area contributed by atoms with E-state index in [0.29, 0.717) is 10.8 Å². The highest BCUT2D eigenvalue weighted by Crippen LogP contribution is 2.29. The molecule has 116 valence electrons. The van der Waals surface area contributed by atoms with Gasteiger partial charge in [0.1, 0.15) is 5.75 Å². The number of amides is 1. The molecule has 2 aromatic carbocycles. The van der Waals surface area contributed by atoms with Crippen LogP contribution >= 0.6 is 11.6 Å². The highest BCUT2D eigenvalue weighted by Gasteiger charge is 2.10. The Morgan fingerprint density at radius 1 is 1.00 bits per heavy atom. The third kappa shape index (κ3) is 4.25. The molecule has 2 rings (SSSR count). The maximum atomic E-state index is 12.0. The number of hydrogen-bond acceptors (Lipinski definition) is 2. The number of benzene rings is 2. The first kappa shape index (κ1) is 16.4. The molecule has 0 fully saturated rings. The van der Waals surface area contributed by atoms with E-state index in [9.17, 15) is 4.79 Å². The molecule has 0 spiro atoms. The molecule has 0 atom stereocenters. The molecule has 22 heavy (non-hydrogen) atoms. The highest BCUT2D eigenvalue weighted by atomic mass is 35.5. The molecule has 3 nitrogen and oxygen atoms in total. The van der Waals surface area contributed by atoms with Gasteiger partial charge in [-0.15, -0.1) is 0 Å². The Morgan fingerprint density at radius 3 is 2.18 bits per heavy atom. The minimum Gasteiger partial charge on any atom is -0.482 e. The van der Waals surface area contributed by atoms with Crippen LogP contribution < -0.4 is 10.1 Å². The van der Waals surface area contributed by atoms with Gasteiger partial charge in [0.15, 0.2) is 6.61 Å². The van der Waals surface area contributed by atoms with Crippen molar-refractivity contribution in [2.75, 3.05) is 11.9 Å². The Hall–Kier alpha value is -2.00. The van der Waals surface area contributed by atoms with Crippen LogP contribution in [0.4, 0.5) is 5.69 Å². The van der Waals surface area contributed by atoms with Crippen LogP contribution in [0.2, 0.25) is 5.02 Å². The Bertz CT molecular complexity index is 667. The Balaban J connectivity index is 2.01. The fourth-order valence-electron chi connectivity index (χ4n) is 2.47. The molecule has 4 heteroatoms. The summed E-state index contributed by atoms with van der Waals surface area (Å²) in [7, 11) is 0. The van der Waals surface area contributed by atoms with Crippen LogP contribution in [0.15, 0.2) is 30.3 Å². The van der Waals surface area contributed by atoms with Gasteiger partial charge in [-0.25, -0.2) is 0 Å². The van der Waals surface area contributed by atoms with E-state index in [1.54, 1.807) is 0 Å². The molecule has 0 bridgehead atoms. The van der Waals surface area contributed by atoms with E-state index in [2.05, 4.69) is 11.4 Å². The molecule has 0 aliphatic heterocycles. The molecule has 0 aliphatic rings. The van der Waals surface area contributed by atoms with Crippen molar-refractivity contribution >= 4 is 23.2 Å². The normalized spacial score (nSPS) is 10.4. The quantitative estimate of drug-likeness (QED) is 0.895. The number of halogens is 1. The molecule has 1 amide bonds. The van der Waals surface area contributed by atoms with E-state index in [4.69, 9.17) is 16.3 Å². The van der Waals surface area contributed by atoms with Gasteiger partial charge in [0.2, 0.25) is 0 Å². The van der Waals surface area contributed by atoms with Gasteiger partial charge in [0, 0.05) is 5.69 Å². The van der Waals surface area contributed by atoms with Gasteiger partial charge in [-0.1, -0.05) is 23.7 Å². The lowest BCUT2D eigenvalue weighted by Gasteiger charge is -2.12. The average Bonchev–Trinajstić information content (AvgIpc) is 2.35. The standard InChI is InChI=1S/C18H20ClNO2/c1-11-5-12(2)8-15(7-11)20-17(21)10-22-18-14(4)6-13(3)9-16(18)19/h5-9H,10H2,1-4H3,(H,20,21). The lowest BCUT2D eigenvalue weighted by Crippen LogP contribution is -2.20. The van der Waals surface area contributed by atoms with Crippen molar-refractivity contribution in [1.82, 2.24) is 0 Å². The highest BCUT2D eigenvalue weighted by molar-refractivity contribution is 6.32. The predicted octanol–water partition coefficient (Wildman–Crippen LogP) is 4.59. The minimum atomic E-state index is -0.207. The Labute approximate surface area is 136 Å². The van der Waals surface area contributed by atoms with Crippen LogP contribution in [0.1, 0.15) is 22.3 Å². The summed E-state index contributed by atoms with van der Waals surface area (Å²) in [5.74, 6) is 0.351. The summed E-state index contributed by atoms with van der Waals surface area (Å²) in [6, 6.07) is 9.71. The first-order chi connectivity index (χ1) is 10.3. The van der Waals surface area contributed by atoms with E-state index < -0.39 is 0 Å². The summed E-state index contributed by atoms with van der Waals surface area (Å²) >= 11 is 6.16. The van der Waals surface area contributed by atoms with Crippen LogP contribution in [-0.2, 0) is 4.79 Å². The van der Waals surface area contributed by atoms with Crippen molar-refractivity contribution in [3.05, 3.63) is 57.6 Å². The van der Waals surface area contributed by atoms with Gasteiger partial charge in [-0.3, -0.25) is 4.79 Å². The number of hydrogen-bond donors (Lipinski definition) is 1. The molecule has 2 aromatic rings. The number of rotatable bonds is 4. The van der Waals surface area contributed by atoms with Gasteiger partial charge < -0.3 is 10.1 Å². The first-order valence-electron chi connectivity index (χ1n) is 7.13. The molecular formula is C18H20ClNO2. The summed E-state index contributed by atoms with van der Waals surface area (Å²) < 4.78 is 5.57. The van der Waals surface area contributed by atoms with Crippen molar-refractivity contribution in [2.24, 2.45) is 0 Å². The predicted molar refractivity (Wildman–Crippen MR) is 91.0 cm³/mol. The van der Waals surface area contributed by atoms with Gasteiger partial charge >= 0.3 is 0 Å². The number of anilines is 1. The zero-order valence-corrected chi connectivity index (χ0v) is 14.0. The second-order valence-corrected chi connectivity index (χ2v) is 6.01. The van der Waals surface area contributed by atoms with E-state index in [1.165, 1.54) is 0 Å². The second-order valence-electron chi connectivity index (χ2n) is 5.61. The lowest BCUT2D eigenvalue weighted by atomic mass is 10.1. The third-order valence-corrected chi connectivity index (χ3v) is 3.51. The van der Waals surface area contributed by atoms with Crippen LogP contribution in [0, 0.1) is 27.7 Å². The maximum absolute atomic E-state index is 12.0. The number of aryl methyl sites for hydroxylation is 4. The summed E-state index contributed by atoms with van der Waals surface area (Å²) in [6.07, 6.45) is 0. The van der Waals surface area contributed by atoms with Crippen molar-refractivity contribution in [3.63, 3.8) is 0 Å². The average molecular weight is 318 g/mol. The Kier molecular flexibility index (Phi) is 5.09. The monoisotopic (exact) mass is 317 g/mol. The van der Waals surface area contributed by atoms with Crippen LogP contribution in [0.25, 0.3) is 0 Å². The molecule has 0 aliphatic carbocycles. The van der Waals surface area contributed by atoms with E-state index in [0.717, 1.165) is 27.9 Å². The smallest absolute Gasteiger partial charge is 0.262 e. The molecule has 0 saturated heterocycles. The summed E-state index contributed by atoms with van der Waals surface area (Å²) in [4.78, 5) is 12.0. The van der Waals surface area contributed by atoms with E-state index in [-0.39, 0.29) is 12.5 Å².